The molecule has 0 fully saturated rings. The van der Waals surface area contributed by atoms with E-state index in [9.17, 15) is 9.18 Å². The first-order valence-corrected chi connectivity index (χ1v) is 5.94. The van der Waals surface area contributed by atoms with Crippen LogP contribution in [0.25, 0.3) is 0 Å². The van der Waals surface area contributed by atoms with Crippen LogP contribution in [0.5, 0.6) is 0 Å². The van der Waals surface area contributed by atoms with Gasteiger partial charge in [0, 0.05) is 31.0 Å². The summed E-state index contributed by atoms with van der Waals surface area (Å²) in [6, 6.07) is 1.37. The van der Waals surface area contributed by atoms with Crippen molar-refractivity contribution in [3.05, 3.63) is 46.3 Å². The molecule has 0 aromatic carbocycles. The number of carbonyl (C=O) groups excluding carboxylic acids is 1. The summed E-state index contributed by atoms with van der Waals surface area (Å²) in [5.74, 6) is -1.30. The number of halogens is 2. The van der Waals surface area contributed by atoms with Gasteiger partial charge in [0.15, 0.2) is 0 Å². The molecule has 2 aromatic heterocycles. The summed E-state index contributed by atoms with van der Waals surface area (Å²) in [6.07, 6.45) is 2.87. The lowest BCUT2D eigenvalue weighted by Crippen LogP contribution is -2.23. The zero-order chi connectivity index (χ0) is 14.0. The maximum absolute atomic E-state index is 13.1. The molecule has 0 saturated heterocycles. The van der Waals surface area contributed by atoms with Crippen molar-refractivity contribution < 1.29 is 9.18 Å². The highest BCUT2D eigenvalue weighted by molar-refractivity contribution is 6.33. The molecule has 2 rings (SSSR count). The second-order valence-corrected chi connectivity index (χ2v) is 4.40. The van der Waals surface area contributed by atoms with Crippen molar-refractivity contribution in [3.8, 4) is 0 Å². The Hall–Kier alpha value is -1.95. The second-order valence-electron chi connectivity index (χ2n) is 4.02. The molecule has 1 amide bonds. The molecule has 0 atom stereocenters. The molecule has 0 unspecified atom stereocenters. The highest BCUT2D eigenvalue weighted by Crippen LogP contribution is 2.17. The fourth-order valence-electron chi connectivity index (χ4n) is 1.58. The van der Waals surface area contributed by atoms with Crippen molar-refractivity contribution in [1.29, 1.82) is 0 Å². The van der Waals surface area contributed by atoms with E-state index in [-0.39, 0.29) is 10.6 Å². The van der Waals surface area contributed by atoms with Gasteiger partial charge in [-0.1, -0.05) is 11.6 Å². The van der Waals surface area contributed by atoms with E-state index in [0.29, 0.717) is 6.54 Å². The number of aryl methyl sites for hydroxylation is 1. The topological polar surface area (TPSA) is 59.8 Å². The molecule has 0 aliphatic heterocycles. The first-order chi connectivity index (χ1) is 9.00. The number of nitrogens with one attached hydrogen (secondary N) is 1. The van der Waals surface area contributed by atoms with Crippen molar-refractivity contribution in [2.24, 2.45) is 7.05 Å². The van der Waals surface area contributed by atoms with Crippen LogP contribution in [-0.4, -0.2) is 20.7 Å². The second kappa shape index (κ2) is 5.36. The zero-order valence-electron chi connectivity index (χ0n) is 10.4. The SMILES string of the molecule is Cc1c(CNC(=O)c2ccnc(F)c2Cl)cnn1C. The average molecular weight is 283 g/mol. The maximum Gasteiger partial charge on any atom is 0.253 e. The van der Waals surface area contributed by atoms with Crippen LogP contribution in [0, 0.1) is 12.9 Å². The number of rotatable bonds is 3. The molecule has 0 bridgehead atoms. The third-order valence-electron chi connectivity index (χ3n) is 2.87. The maximum atomic E-state index is 13.1. The summed E-state index contributed by atoms with van der Waals surface area (Å²) in [6.45, 7) is 2.20. The number of hydrogen-bond donors (Lipinski definition) is 1. The van der Waals surface area contributed by atoms with Gasteiger partial charge in [-0.3, -0.25) is 9.48 Å². The standard InChI is InChI=1S/C12H12ClFN4O/c1-7-8(6-17-18(7)2)5-16-12(19)9-3-4-15-11(14)10(9)13/h3-4,6H,5H2,1-2H3,(H,16,19). The van der Waals surface area contributed by atoms with Gasteiger partial charge in [0.2, 0.25) is 5.95 Å². The van der Waals surface area contributed by atoms with E-state index in [1.807, 2.05) is 14.0 Å². The monoisotopic (exact) mass is 282 g/mol. The van der Waals surface area contributed by atoms with E-state index in [0.717, 1.165) is 11.3 Å². The summed E-state index contributed by atoms with van der Waals surface area (Å²) >= 11 is 5.69. The van der Waals surface area contributed by atoms with Gasteiger partial charge in [0.25, 0.3) is 5.91 Å². The number of nitrogens with zero attached hydrogens (tertiary/aromatic N) is 3. The minimum atomic E-state index is -0.855. The molecule has 0 radical (unpaired) electrons. The lowest BCUT2D eigenvalue weighted by atomic mass is 10.2. The molecular formula is C12H12ClFN4O. The Morgan fingerprint density at radius 3 is 2.95 bits per heavy atom. The quantitative estimate of drug-likeness (QED) is 0.874. The van der Waals surface area contributed by atoms with Crippen molar-refractivity contribution in [1.82, 2.24) is 20.1 Å². The Labute approximate surface area is 114 Å². The Morgan fingerprint density at radius 1 is 1.58 bits per heavy atom. The molecule has 2 aromatic rings. The summed E-state index contributed by atoms with van der Waals surface area (Å²) < 4.78 is 14.8. The minimum Gasteiger partial charge on any atom is -0.348 e. The van der Waals surface area contributed by atoms with Gasteiger partial charge in [-0.15, -0.1) is 0 Å². The highest BCUT2D eigenvalue weighted by atomic mass is 35.5. The number of carbonyl (C=O) groups is 1. The number of pyridine rings is 1. The summed E-state index contributed by atoms with van der Waals surface area (Å²) in [5.41, 5.74) is 1.91. The zero-order valence-corrected chi connectivity index (χ0v) is 11.2. The van der Waals surface area contributed by atoms with Crippen molar-refractivity contribution in [3.63, 3.8) is 0 Å². The fourth-order valence-corrected chi connectivity index (χ4v) is 1.78. The van der Waals surface area contributed by atoms with Crippen LogP contribution in [0.2, 0.25) is 5.02 Å². The number of amides is 1. The van der Waals surface area contributed by atoms with Crippen LogP contribution in [-0.2, 0) is 13.6 Å². The molecule has 1 N–H and O–H groups in total. The molecule has 0 aliphatic rings. The molecule has 2 heterocycles. The predicted molar refractivity (Wildman–Crippen MR) is 68.3 cm³/mol. The first kappa shape index (κ1) is 13.5. The molecule has 5 nitrogen and oxygen atoms in total. The first-order valence-electron chi connectivity index (χ1n) is 5.56. The molecule has 0 saturated carbocycles. The molecule has 7 heteroatoms. The average Bonchev–Trinajstić information content (AvgIpc) is 2.70. The van der Waals surface area contributed by atoms with Gasteiger partial charge in [-0.05, 0) is 13.0 Å². The van der Waals surface area contributed by atoms with Crippen LogP contribution in [0.3, 0.4) is 0 Å². The lowest BCUT2D eigenvalue weighted by Gasteiger charge is -2.06. The van der Waals surface area contributed by atoms with E-state index >= 15 is 0 Å². The Bertz CT molecular complexity index is 626. The minimum absolute atomic E-state index is 0.0655. The third kappa shape index (κ3) is 2.73. The smallest absolute Gasteiger partial charge is 0.253 e. The van der Waals surface area contributed by atoms with Gasteiger partial charge in [0.1, 0.15) is 5.02 Å². The normalized spacial score (nSPS) is 10.5. The predicted octanol–water partition coefficient (Wildman–Crippen LogP) is 1.85. The molecule has 0 spiro atoms. The van der Waals surface area contributed by atoms with Gasteiger partial charge in [-0.25, -0.2) is 4.98 Å². The summed E-state index contributed by atoms with van der Waals surface area (Å²) in [4.78, 5) is 15.3. The van der Waals surface area contributed by atoms with Crippen LogP contribution in [0.1, 0.15) is 21.6 Å². The van der Waals surface area contributed by atoms with Crippen molar-refractivity contribution >= 4 is 17.5 Å². The van der Waals surface area contributed by atoms with Gasteiger partial charge >= 0.3 is 0 Å². The van der Waals surface area contributed by atoms with Gasteiger partial charge < -0.3 is 5.32 Å². The van der Waals surface area contributed by atoms with Gasteiger partial charge in [-0.2, -0.15) is 9.49 Å². The molecular weight excluding hydrogens is 271 g/mol. The fraction of sp³-hybridized carbons (Fsp3) is 0.250. The summed E-state index contributed by atoms with van der Waals surface area (Å²) in [7, 11) is 1.82. The van der Waals surface area contributed by atoms with Crippen LogP contribution < -0.4 is 5.32 Å². The van der Waals surface area contributed by atoms with Gasteiger partial charge in [0.05, 0.1) is 11.8 Å². The Kier molecular flexibility index (Phi) is 3.80. The van der Waals surface area contributed by atoms with Crippen molar-refractivity contribution in [2.45, 2.75) is 13.5 Å². The number of hydrogen-bond acceptors (Lipinski definition) is 3. The highest BCUT2D eigenvalue weighted by Gasteiger charge is 2.14. The Balaban J connectivity index is 2.10. The molecule has 0 aliphatic carbocycles. The summed E-state index contributed by atoms with van der Waals surface area (Å²) in [5, 5.41) is 6.46. The van der Waals surface area contributed by atoms with Crippen LogP contribution in [0.4, 0.5) is 4.39 Å². The van der Waals surface area contributed by atoms with Crippen LogP contribution >= 0.6 is 11.6 Å². The lowest BCUT2D eigenvalue weighted by molar-refractivity contribution is 0.0950. The van der Waals surface area contributed by atoms with Crippen LogP contribution in [0.15, 0.2) is 18.5 Å². The van der Waals surface area contributed by atoms with E-state index in [1.165, 1.54) is 12.3 Å². The van der Waals surface area contributed by atoms with E-state index < -0.39 is 11.9 Å². The largest absolute Gasteiger partial charge is 0.348 e. The number of aromatic nitrogens is 3. The molecule has 19 heavy (non-hydrogen) atoms. The molecule has 100 valence electrons. The van der Waals surface area contributed by atoms with Crippen molar-refractivity contribution in [2.75, 3.05) is 0 Å². The van der Waals surface area contributed by atoms with E-state index in [4.69, 9.17) is 11.6 Å². The Morgan fingerprint density at radius 2 is 2.32 bits per heavy atom. The third-order valence-corrected chi connectivity index (χ3v) is 3.23. The van der Waals surface area contributed by atoms with E-state index in [2.05, 4.69) is 15.4 Å². The van der Waals surface area contributed by atoms with E-state index in [1.54, 1.807) is 10.9 Å².